The van der Waals surface area contributed by atoms with Gasteiger partial charge in [-0.3, -0.25) is 4.98 Å². The van der Waals surface area contributed by atoms with Crippen LogP contribution in [-0.4, -0.2) is 18.1 Å². The number of anilines is 1. The molecule has 1 heterocycles. The first-order valence-corrected chi connectivity index (χ1v) is 7.11. The number of aromatic nitrogens is 1. The van der Waals surface area contributed by atoms with Crippen molar-refractivity contribution >= 4 is 16.6 Å². The molecule has 0 spiro atoms. The fourth-order valence-corrected chi connectivity index (χ4v) is 2.30. The maximum absolute atomic E-state index is 5.49. The average molecular weight is 257 g/mol. The Morgan fingerprint density at radius 3 is 2.74 bits per heavy atom. The molecule has 0 radical (unpaired) electrons. The Morgan fingerprint density at radius 2 is 1.89 bits per heavy atom. The molecule has 0 bridgehead atoms. The van der Waals surface area contributed by atoms with Crippen molar-refractivity contribution in [3.05, 3.63) is 36.0 Å². The summed E-state index contributed by atoms with van der Waals surface area (Å²) in [6, 6.07) is 10.4. The molecule has 0 aliphatic carbocycles. The Labute approximate surface area is 115 Å². The number of hydrogen-bond donors (Lipinski definition) is 2. The van der Waals surface area contributed by atoms with E-state index in [1.165, 1.54) is 30.3 Å². The second-order valence-corrected chi connectivity index (χ2v) is 4.96. The van der Waals surface area contributed by atoms with E-state index in [0.717, 1.165) is 30.7 Å². The summed E-state index contributed by atoms with van der Waals surface area (Å²) in [5.74, 6) is 0. The molecular formula is C16H23N3. The van der Waals surface area contributed by atoms with E-state index >= 15 is 0 Å². The highest BCUT2D eigenvalue weighted by atomic mass is 14.9. The van der Waals surface area contributed by atoms with Gasteiger partial charge in [-0.2, -0.15) is 0 Å². The fourth-order valence-electron chi connectivity index (χ4n) is 2.30. The van der Waals surface area contributed by atoms with Gasteiger partial charge in [-0.15, -0.1) is 0 Å². The van der Waals surface area contributed by atoms with Crippen LogP contribution in [0.25, 0.3) is 10.9 Å². The molecule has 0 fully saturated rings. The largest absolute Gasteiger partial charge is 0.384 e. The number of nitrogens with two attached hydrogens (primary N) is 1. The lowest BCUT2D eigenvalue weighted by Crippen LogP contribution is -2.04. The molecule has 3 nitrogen and oxygen atoms in total. The Balaban J connectivity index is 1.96. The lowest BCUT2D eigenvalue weighted by molar-refractivity contribution is 0.661. The maximum Gasteiger partial charge on any atom is 0.0725 e. The monoisotopic (exact) mass is 257 g/mol. The molecule has 1 aromatic heterocycles. The van der Waals surface area contributed by atoms with Crippen molar-refractivity contribution in [2.75, 3.05) is 18.4 Å². The fraction of sp³-hybridized carbons (Fsp3) is 0.438. The average Bonchev–Trinajstić information content (AvgIpc) is 2.42. The maximum atomic E-state index is 5.49. The van der Waals surface area contributed by atoms with Gasteiger partial charge >= 0.3 is 0 Å². The summed E-state index contributed by atoms with van der Waals surface area (Å²) >= 11 is 0. The number of hydrogen-bond acceptors (Lipinski definition) is 3. The number of unbranched alkanes of at least 4 members (excludes halogenated alkanes) is 3. The van der Waals surface area contributed by atoms with Gasteiger partial charge in [0, 0.05) is 23.3 Å². The SMILES string of the molecule is Cc1cc(NCCCCCCN)c2ccccc2n1. The third-order valence-corrected chi connectivity index (χ3v) is 3.29. The van der Waals surface area contributed by atoms with E-state index in [4.69, 9.17) is 5.73 Å². The lowest BCUT2D eigenvalue weighted by atomic mass is 10.1. The van der Waals surface area contributed by atoms with Gasteiger partial charge in [0.1, 0.15) is 0 Å². The molecule has 102 valence electrons. The van der Waals surface area contributed by atoms with Crippen molar-refractivity contribution in [3.63, 3.8) is 0 Å². The van der Waals surface area contributed by atoms with Gasteiger partial charge in [0.2, 0.25) is 0 Å². The third kappa shape index (κ3) is 3.93. The van der Waals surface area contributed by atoms with Gasteiger partial charge in [0.05, 0.1) is 5.52 Å². The summed E-state index contributed by atoms with van der Waals surface area (Å²) in [4.78, 5) is 4.55. The zero-order valence-electron chi connectivity index (χ0n) is 11.7. The summed E-state index contributed by atoms with van der Waals surface area (Å²) in [5.41, 5.74) is 8.81. The second kappa shape index (κ2) is 7.10. The Bertz CT molecular complexity index is 522. The smallest absolute Gasteiger partial charge is 0.0725 e. The Hall–Kier alpha value is -1.61. The summed E-state index contributed by atoms with van der Waals surface area (Å²) in [6.07, 6.45) is 4.80. The van der Waals surface area contributed by atoms with Crippen LogP contribution >= 0.6 is 0 Å². The van der Waals surface area contributed by atoms with Crippen LogP contribution in [0.15, 0.2) is 30.3 Å². The highest BCUT2D eigenvalue weighted by Gasteiger charge is 2.02. The number of fused-ring (bicyclic) bond motifs is 1. The van der Waals surface area contributed by atoms with E-state index in [2.05, 4.69) is 34.6 Å². The van der Waals surface area contributed by atoms with E-state index < -0.39 is 0 Å². The molecule has 19 heavy (non-hydrogen) atoms. The minimum Gasteiger partial charge on any atom is -0.384 e. The van der Waals surface area contributed by atoms with Gasteiger partial charge in [0.25, 0.3) is 0 Å². The summed E-state index contributed by atoms with van der Waals surface area (Å²) < 4.78 is 0. The van der Waals surface area contributed by atoms with Crippen LogP contribution < -0.4 is 11.1 Å². The summed E-state index contributed by atoms with van der Waals surface area (Å²) in [7, 11) is 0. The molecule has 1 aromatic carbocycles. The first-order valence-electron chi connectivity index (χ1n) is 7.11. The minimum atomic E-state index is 0.807. The number of rotatable bonds is 7. The predicted octanol–water partition coefficient (Wildman–Crippen LogP) is 3.47. The molecule has 0 aliphatic rings. The van der Waals surface area contributed by atoms with Gasteiger partial charge in [0.15, 0.2) is 0 Å². The first-order chi connectivity index (χ1) is 9.31. The molecule has 0 atom stereocenters. The van der Waals surface area contributed by atoms with E-state index in [-0.39, 0.29) is 0 Å². The molecule has 0 saturated carbocycles. The molecule has 3 heteroatoms. The summed E-state index contributed by atoms with van der Waals surface area (Å²) in [6.45, 7) is 3.86. The topological polar surface area (TPSA) is 50.9 Å². The highest BCUT2D eigenvalue weighted by molar-refractivity contribution is 5.91. The molecule has 3 N–H and O–H groups in total. The van der Waals surface area contributed by atoms with E-state index in [9.17, 15) is 0 Å². The molecule has 0 amide bonds. The number of pyridine rings is 1. The van der Waals surface area contributed by atoms with Crippen molar-refractivity contribution < 1.29 is 0 Å². The number of aryl methyl sites for hydroxylation is 1. The Morgan fingerprint density at radius 1 is 1.11 bits per heavy atom. The van der Waals surface area contributed by atoms with Crippen LogP contribution in [0.5, 0.6) is 0 Å². The van der Waals surface area contributed by atoms with Crippen LogP contribution in [-0.2, 0) is 0 Å². The van der Waals surface area contributed by atoms with Gasteiger partial charge in [-0.05, 0) is 38.4 Å². The van der Waals surface area contributed by atoms with Crippen molar-refractivity contribution in [3.8, 4) is 0 Å². The van der Waals surface area contributed by atoms with Crippen molar-refractivity contribution in [1.82, 2.24) is 4.98 Å². The normalized spacial score (nSPS) is 10.8. The molecule has 2 aromatic rings. The van der Waals surface area contributed by atoms with Crippen molar-refractivity contribution in [2.45, 2.75) is 32.6 Å². The van der Waals surface area contributed by atoms with Crippen LogP contribution in [0, 0.1) is 6.92 Å². The molecule has 0 aliphatic heterocycles. The number of benzene rings is 1. The molecule has 0 saturated heterocycles. The Kier molecular flexibility index (Phi) is 5.16. The van der Waals surface area contributed by atoms with Crippen molar-refractivity contribution in [2.24, 2.45) is 5.73 Å². The zero-order valence-corrected chi connectivity index (χ0v) is 11.7. The number of para-hydroxylation sites is 1. The standard InChI is InChI=1S/C16H23N3/c1-13-12-16(18-11-7-3-2-6-10-17)14-8-4-5-9-15(14)19-13/h4-5,8-9,12H,2-3,6-7,10-11,17H2,1H3,(H,18,19). The molecule has 0 unspecified atom stereocenters. The lowest BCUT2D eigenvalue weighted by Gasteiger charge is -2.10. The number of nitrogens with zero attached hydrogens (tertiary/aromatic N) is 1. The molecular weight excluding hydrogens is 234 g/mol. The van der Waals surface area contributed by atoms with Crippen molar-refractivity contribution in [1.29, 1.82) is 0 Å². The van der Waals surface area contributed by atoms with Crippen LogP contribution in [0.3, 0.4) is 0 Å². The number of nitrogens with one attached hydrogen (secondary N) is 1. The summed E-state index contributed by atoms with van der Waals surface area (Å²) in [5, 5.41) is 4.74. The van der Waals surface area contributed by atoms with Gasteiger partial charge in [-0.1, -0.05) is 31.0 Å². The predicted molar refractivity (Wildman–Crippen MR) is 82.5 cm³/mol. The van der Waals surface area contributed by atoms with E-state index in [0.29, 0.717) is 0 Å². The zero-order chi connectivity index (χ0) is 13.5. The third-order valence-electron chi connectivity index (χ3n) is 3.29. The first kappa shape index (κ1) is 13.8. The van der Waals surface area contributed by atoms with E-state index in [1.807, 2.05) is 13.0 Å². The second-order valence-electron chi connectivity index (χ2n) is 4.96. The van der Waals surface area contributed by atoms with Crippen LogP contribution in [0.4, 0.5) is 5.69 Å². The quantitative estimate of drug-likeness (QED) is 0.747. The molecule has 2 rings (SSSR count). The van der Waals surface area contributed by atoms with Crippen LogP contribution in [0.1, 0.15) is 31.4 Å². The van der Waals surface area contributed by atoms with Gasteiger partial charge < -0.3 is 11.1 Å². The highest BCUT2D eigenvalue weighted by Crippen LogP contribution is 2.22. The van der Waals surface area contributed by atoms with Gasteiger partial charge in [-0.25, -0.2) is 0 Å². The minimum absolute atomic E-state index is 0.807. The van der Waals surface area contributed by atoms with Crippen LogP contribution in [0.2, 0.25) is 0 Å². The van der Waals surface area contributed by atoms with E-state index in [1.54, 1.807) is 0 Å².